The fraction of sp³-hybridized carbons (Fsp3) is 0.889. The molecule has 0 aromatic carbocycles. The summed E-state index contributed by atoms with van der Waals surface area (Å²) in [7, 11) is 0. The molecule has 1 atom stereocenters. The second-order valence-electron chi connectivity index (χ2n) is 5.79. The Hall–Kier alpha value is -1.26. The number of ether oxygens (including phenoxy) is 3. The maximum Gasteiger partial charge on any atom is 0.509 e. The second-order valence-corrected chi connectivity index (χ2v) is 5.79. The van der Waals surface area contributed by atoms with Crippen molar-refractivity contribution in [3.05, 3.63) is 0 Å². The van der Waals surface area contributed by atoms with Gasteiger partial charge in [0.15, 0.2) is 6.10 Å². The molecule has 0 N–H and O–H groups in total. The van der Waals surface area contributed by atoms with E-state index in [4.69, 9.17) is 9.47 Å². The summed E-state index contributed by atoms with van der Waals surface area (Å²) in [5.74, 6) is -0.519. The topological polar surface area (TPSA) is 61.8 Å². The molecule has 0 saturated carbocycles. The van der Waals surface area contributed by atoms with Crippen LogP contribution in [0.3, 0.4) is 0 Å². The Labute approximate surface area is 141 Å². The smallest absolute Gasteiger partial charge is 0.463 e. The lowest BCUT2D eigenvalue weighted by molar-refractivity contribution is -0.154. The van der Waals surface area contributed by atoms with Gasteiger partial charge in [-0.15, -0.1) is 0 Å². The molecule has 5 heteroatoms. The van der Waals surface area contributed by atoms with E-state index >= 15 is 0 Å². The number of hydrogen-bond donors (Lipinski definition) is 0. The van der Waals surface area contributed by atoms with Crippen molar-refractivity contribution in [3.63, 3.8) is 0 Å². The molecule has 0 amide bonds. The Morgan fingerprint density at radius 1 is 0.783 bits per heavy atom. The van der Waals surface area contributed by atoms with E-state index in [9.17, 15) is 9.59 Å². The monoisotopic (exact) mass is 330 g/mol. The summed E-state index contributed by atoms with van der Waals surface area (Å²) in [5, 5.41) is 0. The van der Waals surface area contributed by atoms with Crippen LogP contribution in [0, 0.1) is 0 Å². The first-order chi connectivity index (χ1) is 11.1. The largest absolute Gasteiger partial charge is 0.509 e. The number of rotatable bonds is 14. The van der Waals surface area contributed by atoms with Crippen molar-refractivity contribution < 1.29 is 23.8 Å². The van der Waals surface area contributed by atoms with Crippen LogP contribution in [0.4, 0.5) is 4.79 Å². The zero-order valence-electron chi connectivity index (χ0n) is 15.1. The van der Waals surface area contributed by atoms with Gasteiger partial charge in [0.2, 0.25) is 0 Å². The predicted molar refractivity (Wildman–Crippen MR) is 90.4 cm³/mol. The van der Waals surface area contributed by atoms with Crippen LogP contribution in [0.1, 0.15) is 85.0 Å². The standard InChI is InChI=1S/C18H34O5/c1-4-6-7-8-9-10-11-12-13-14-15-22-17(19)16(3)23-18(20)21-5-2/h16H,4-15H2,1-3H3. The first-order valence-electron chi connectivity index (χ1n) is 9.11. The normalized spacial score (nSPS) is 11.8. The fourth-order valence-electron chi connectivity index (χ4n) is 2.22. The van der Waals surface area contributed by atoms with Gasteiger partial charge in [-0.05, 0) is 20.3 Å². The molecule has 23 heavy (non-hydrogen) atoms. The number of hydrogen-bond acceptors (Lipinski definition) is 5. The Morgan fingerprint density at radius 2 is 1.30 bits per heavy atom. The molecule has 0 aliphatic carbocycles. The van der Waals surface area contributed by atoms with Gasteiger partial charge in [0.05, 0.1) is 13.2 Å². The van der Waals surface area contributed by atoms with E-state index in [0.717, 1.165) is 12.8 Å². The molecule has 0 radical (unpaired) electrons. The molecule has 0 spiro atoms. The van der Waals surface area contributed by atoms with Crippen molar-refractivity contribution in [3.8, 4) is 0 Å². The van der Waals surface area contributed by atoms with E-state index in [1.165, 1.54) is 58.3 Å². The third kappa shape index (κ3) is 14.1. The summed E-state index contributed by atoms with van der Waals surface area (Å²) in [6.07, 6.45) is 10.6. The third-order valence-corrected chi connectivity index (χ3v) is 3.61. The van der Waals surface area contributed by atoms with Gasteiger partial charge in [0.25, 0.3) is 0 Å². The summed E-state index contributed by atoms with van der Waals surface area (Å²) in [6.45, 7) is 5.99. The van der Waals surface area contributed by atoms with Crippen LogP contribution in [0.25, 0.3) is 0 Å². The maximum absolute atomic E-state index is 11.6. The van der Waals surface area contributed by atoms with Gasteiger partial charge in [-0.25, -0.2) is 9.59 Å². The lowest BCUT2D eigenvalue weighted by Crippen LogP contribution is -2.27. The Morgan fingerprint density at radius 3 is 1.83 bits per heavy atom. The maximum atomic E-state index is 11.6. The third-order valence-electron chi connectivity index (χ3n) is 3.61. The molecule has 0 saturated heterocycles. The van der Waals surface area contributed by atoms with Crippen molar-refractivity contribution in [2.75, 3.05) is 13.2 Å². The highest BCUT2D eigenvalue weighted by molar-refractivity contribution is 5.76. The lowest BCUT2D eigenvalue weighted by atomic mass is 10.1. The summed E-state index contributed by atoms with van der Waals surface area (Å²) < 4.78 is 14.5. The number of carbonyl (C=O) groups excluding carboxylic acids is 2. The van der Waals surface area contributed by atoms with Crippen LogP contribution in [-0.2, 0) is 19.0 Å². The van der Waals surface area contributed by atoms with Gasteiger partial charge in [-0.2, -0.15) is 0 Å². The zero-order valence-corrected chi connectivity index (χ0v) is 15.1. The number of esters is 1. The van der Waals surface area contributed by atoms with Crippen molar-refractivity contribution in [2.45, 2.75) is 91.1 Å². The molecular formula is C18H34O5. The quantitative estimate of drug-likeness (QED) is 0.331. The highest BCUT2D eigenvalue weighted by atomic mass is 16.7. The second kappa shape index (κ2) is 15.6. The molecule has 1 unspecified atom stereocenters. The minimum absolute atomic E-state index is 0.221. The first kappa shape index (κ1) is 21.7. The molecular weight excluding hydrogens is 296 g/mol. The van der Waals surface area contributed by atoms with Gasteiger partial charge in [-0.3, -0.25) is 0 Å². The molecule has 0 bridgehead atoms. The fourth-order valence-corrected chi connectivity index (χ4v) is 2.22. The SMILES string of the molecule is CCCCCCCCCCCCOC(=O)C(C)OC(=O)OCC. The van der Waals surface area contributed by atoms with Gasteiger partial charge < -0.3 is 14.2 Å². The minimum atomic E-state index is -0.919. The highest BCUT2D eigenvalue weighted by Crippen LogP contribution is 2.10. The van der Waals surface area contributed by atoms with E-state index < -0.39 is 18.2 Å². The predicted octanol–water partition coefficient (Wildman–Crippen LogP) is 5.01. The average molecular weight is 330 g/mol. The molecule has 0 heterocycles. The lowest BCUT2D eigenvalue weighted by Gasteiger charge is -2.12. The van der Waals surface area contributed by atoms with Gasteiger partial charge in [0.1, 0.15) is 0 Å². The van der Waals surface area contributed by atoms with Crippen molar-refractivity contribution in [1.82, 2.24) is 0 Å². The summed E-state index contributed by atoms with van der Waals surface area (Å²) >= 11 is 0. The van der Waals surface area contributed by atoms with Crippen molar-refractivity contribution >= 4 is 12.1 Å². The van der Waals surface area contributed by atoms with E-state index in [2.05, 4.69) is 11.7 Å². The van der Waals surface area contributed by atoms with Crippen LogP contribution in [0.5, 0.6) is 0 Å². The molecule has 0 aromatic rings. The van der Waals surface area contributed by atoms with Gasteiger partial charge in [0, 0.05) is 0 Å². The van der Waals surface area contributed by atoms with Crippen molar-refractivity contribution in [1.29, 1.82) is 0 Å². The first-order valence-corrected chi connectivity index (χ1v) is 9.11. The number of carbonyl (C=O) groups is 2. The molecule has 0 rings (SSSR count). The molecule has 0 fully saturated rings. The van der Waals surface area contributed by atoms with Crippen LogP contribution in [0.2, 0.25) is 0 Å². The number of unbranched alkanes of at least 4 members (excludes halogenated alkanes) is 9. The highest BCUT2D eigenvalue weighted by Gasteiger charge is 2.19. The van der Waals surface area contributed by atoms with E-state index in [-0.39, 0.29) is 6.61 Å². The molecule has 136 valence electrons. The Bertz CT molecular complexity index is 304. The van der Waals surface area contributed by atoms with Crippen molar-refractivity contribution in [2.24, 2.45) is 0 Å². The summed E-state index contributed by atoms with van der Waals surface area (Å²) in [5.41, 5.74) is 0. The van der Waals surface area contributed by atoms with E-state index in [0.29, 0.717) is 6.61 Å². The molecule has 5 nitrogen and oxygen atoms in total. The summed E-state index contributed by atoms with van der Waals surface area (Å²) in [6, 6.07) is 0. The van der Waals surface area contributed by atoms with Crippen LogP contribution >= 0.6 is 0 Å². The van der Waals surface area contributed by atoms with E-state index in [1.807, 2.05) is 0 Å². The zero-order chi connectivity index (χ0) is 17.3. The van der Waals surface area contributed by atoms with Crippen LogP contribution in [-0.4, -0.2) is 31.4 Å². The minimum Gasteiger partial charge on any atom is -0.463 e. The Balaban J connectivity index is 3.40. The molecule has 0 aliphatic heterocycles. The van der Waals surface area contributed by atoms with Crippen LogP contribution in [0.15, 0.2) is 0 Å². The molecule has 0 aromatic heterocycles. The summed E-state index contributed by atoms with van der Waals surface area (Å²) in [4.78, 5) is 22.7. The van der Waals surface area contributed by atoms with Crippen LogP contribution < -0.4 is 0 Å². The Kier molecular flexibility index (Phi) is 14.8. The van der Waals surface area contributed by atoms with Gasteiger partial charge in [-0.1, -0.05) is 64.7 Å². The molecule has 0 aliphatic rings. The average Bonchev–Trinajstić information content (AvgIpc) is 2.52. The van der Waals surface area contributed by atoms with E-state index in [1.54, 1.807) is 6.92 Å². The van der Waals surface area contributed by atoms with Gasteiger partial charge >= 0.3 is 12.1 Å².